The van der Waals surface area contributed by atoms with Gasteiger partial charge in [0, 0.05) is 23.9 Å². The molecule has 148 valence electrons. The predicted octanol–water partition coefficient (Wildman–Crippen LogP) is 3.42. The summed E-state index contributed by atoms with van der Waals surface area (Å²) in [4.78, 5) is 17.6. The van der Waals surface area contributed by atoms with Crippen molar-refractivity contribution in [2.45, 2.75) is 32.6 Å². The molecule has 0 bridgehead atoms. The maximum Gasteiger partial charge on any atom is 0.155 e. The number of rotatable bonds is 5. The highest BCUT2D eigenvalue weighted by atomic mass is 15.3. The minimum Gasteiger partial charge on any atom is -0.340 e. The monoisotopic (exact) mass is 387 g/mol. The Kier molecular flexibility index (Phi) is 4.81. The lowest BCUT2D eigenvalue weighted by Crippen LogP contribution is -2.27. The van der Waals surface area contributed by atoms with Gasteiger partial charge in [0.1, 0.15) is 12.2 Å². The topological polar surface area (TPSA) is 83.8 Å². The third-order valence-corrected chi connectivity index (χ3v) is 5.70. The Bertz CT molecular complexity index is 1120. The molecule has 7 heteroatoms. The number of aryl methyl sites for hydroxylation is 2. The third-order valence-electron chi connectivity index (χ3n) is 5.70. The maximum absolute atomic E-state index is 4.99. The van der Waals surface area contributed by atoms with Crippen LogP contribution in [-0.4, -0.2) is 42.6 Å². The number of aromatic amines is 1. The summed E-state index contributed by atoms with van der Waals surface area (Å²) < 4.78 is 1.76. The van der Waals surface area contributed by atoms with Crippen molar-refractivity contribution in [2.24, 2.45) is 5.92 Å². The molecule has 0 amide bonds. The van der Waals surface area contributed by atoms with Crippen molar-refractivity contribution in [2.75, 3.05) is 13.1 Å². The quantitative estimate of drug-likeness (QED) is 0.548. The molecule has 5 heterocycles. The Morgan fingerprint density at radius 3 is 2.90 bits per heavy atom. The fourth-order valence-corrected chi connectivity index (χ4v) is 4.09. The molecule has 1 aliphatic rings. The van der Waals surface area contributed by atoms with Crippen LogP contribution in [0.3, 0.4) is 0 Å². The molecule has 1 fully saturated rings. The van der Waals surface area contributed by atoms with Gasteiger partial charge >= 0.3 is 0 Å². The summed E-state index contributed by atoms with van der Waals surface area (Å²) in [5, 5.41) is 7.63. The van der Waals surface area contributed by atoms with Gasteiger partial charge in [-0.2, -0.15) is 5.10 Å². The zero-order valence-corrected chi connectivity index (χ0v) is 16.6. The van der Waals surface area contributed by atoms with Gasteiger partial charge in [-0.25, -0.2) is 14.5 Å². The zero-order valence-electron chi connectivity index (χ0n) is 16.6. The van der Waals surface area contributed by atoms with Crippen LogP contribution in [0.15, 0.2) is 42.9 Å². The molecule has 0 spiro atoms. The summed E-state index contributed by atoms with van der Waals surface area (Å²) in [6.45, 7) is 4.27. The molecule has 2 N–H and O–H groups in total. The lowest BCUT2D eigenvalue weighted by molar-refractivity contribution is 0.352. The van der Waals surface area contributed by atoms with E-state index < -0.39 is 0 Å². The molecule has 0 unspecified atom stereocenters. The Balaban J connectivity index is 1.51. The number of nitrogens with one attached hydrogen (secondary N) is 2. The lowest BCUT2D eigenvalue weighted by atomic mass is 9.93. The molecule has 29 heavy (non-hydrogen) atoms. The molecule has 4 aromatic rings. The van der Waals surface area contributed by atoms with E-state index in [1.54, 1.807) is 10.8 Å². The highest BCUT2D eigenvalue weighted by molar-refractivity contribution is 5.78. The number of imidazole rings is 1. The van der Waals surface area contributed by atoms with Gasteiger partial charge in [-0.1, -0.05) is 6.07 Å². The molecular formula is C22H25N7. The highest BCUT2D eigenvalue weighted by Crippen LogP contribution is 2.30. The van der Waals surface area contributed by atoms with Crippen LogP contribution < -0.4 is 5.32 Å². The molecule has 7 nitrogen and oxygen atoms in total. The van der Waals surface area contributed by atoms with Crippen molar-refractivity contribution in [3.8, 4) is 22.6 Å². The molecule has 5 rings (SSSR count). The Hall–Kier alpha value is -3.06. The molecule has 0 aliphatic carbocycles. The predicted molar refractivity (Wildman–Crippen MR) is 112 cm³/mol. The van der Waals surface area contributed by atoms with Crippen molar-refractivity contribution < 1.29 is 0 Å². The van der Waals surface area contributed by atoms with E-state index in [0.717, 1.165) is 65.2 Å². The van der Waals surface area contributed by atoms with Crippen molar-refractivity contribution in [3.63, 3.8) is 0 Å². The summed E-state index contributed by atoms with van der Waals surface area (Å²) >= 11 is 0. The van der Waals surface area contributed by atoms with E-state index in [1.807, 2.05) is 43.5 Å². The Morgan fingerprint density at radius 1 is 1.14 bits per heavy atom. The van der Waals surface area contributed by atoms with Crippen molar-refractivity contribution in [3.05, 3.63) is 54.4 Å². The molecule has 0 atom stereocenters. The largest absolute Gasteiger partial charge is 0.340 e. The average molecular weight is 387 g/mol. The number of pyridine rings is 2. The normalized spacial score (nSPS) is 15.2. The van der Waals surface area contributed by atoms with Crippen LogP contribution in [0.2, 0.25) is 0 Å². The summed E-state index contributed by atoms with van der Waals surface area (Å²) in [5.74, 6) is 1.80. The van der Waals surface area contributed by atoms with Gasteiger partial charge in [0.2, 0.25) is 0 Å². The van der Waals surface area contributed by atoms with Gasteiger partial charge in [0.15, 0.2) is 5.65 Å². The van der Waals surface area contributed by atoms with Crippen molar-refractivity contribution in [1.82, 2.24) is 34.9 Å². The van der Waals surface area contributed by atoms with Crippen LogP contribution in [0.4, 0.5) is 0 Å². The average Bonchev–Trinajstić information content (AvgIpc) is 3.39. The number of fused-ring (bicyclic) bond motifs is 1. The zero-order chi connectivity index (χ0) is 19.6. The molecule has 4 aromatic heterocycles. The summed E-state index contributed by atoms with van der Waals surface area (Å²) in [6.07, 6.45) is 8.12. The first-order valence-corrected chi connectivity index (χ1v) is 10.3. The molecule has 1 saturated heterocycles. The highest BCUT2D eigenvalue weighted by Gasteiger charge is 2.18. The van der Waals surface area contributed by atoms with Gasteiger partial charge in [0.05, 0.1) is 17.1 Å². The number of H-pyrrole nitrogens is 1. The van der Waals surface area contributed by atoms with E-state index >= 15 is 0 Å². The smallest absolute Gasteiger partial charge is 0.155 e. The van der Waals surface area contributed by atoms with Crippen LogP contribution in [0.1, 0.15) is 30.8 Å². The van der Waals surface area contributed by atoms with Gasteiger partial charge < -0.3 is 10.3 Å². The summed E-state index contributed by atoms with van der Waals surface area (Å²) in [6, 6.07) is 10.2. The summed E-state index contributed by atoms with van der Waals surface area (Å²) in [7, 11) is 0. The molecular weight excluding hydrogens is 362 g/mol. The van der Waals surface area contributed by atoms with Crippen LogP contribution in [-0.2, 0) is 6.42 Å². The van der Waals surface area contributed by atoms with E-state index in [9.17, 15) is 0 Å². The van der Waals surface area contributed by atoms with Gasteiger partial charge in [-0.3, -0.25) is 4.98 Å². The van der Waals surface area contributed by atoms with Crippen molar-refractivity contribution >= 4 is 5.65 Å². The van der Waals surface area contributed by atoms with Crippen LogP contribution in [0.25, 0.3) is 28.3 Å². The molecule has 0 saturated carbocycles. The minimum absolute atomic E-state index is 0.776. The number of piperidine rings is 1. The fraction of sp³-hybridized carbons (Fsp3) is 0.364. The van der Waals surface area contributed by atoms with Crippen LogP contribution in [0, 0.1) is 12.8 Å². The lowest BCUT2D eigenvalue weighted by Gasteiger charge is -2.21. The van der Waals surface area contributed by atoms with Gasteiger partial charge in [-0.15, -0.1) is 0 Å². The first kappa shape index (κ1) is 18.0. The maximum atomic E-state index is 4.99. The van der Waals surface area contributed by atoms with E-state index in [2.05, 4.69) is 20.4 Å². The minimum atomic E-state index is 0.776. The van der Waals surface area contributed by atoms with Crippen molar-refractivity contribution in [1.29, 1.82) is 0 Å². The first-order valence-electron chi connectivity index (χ1n) is 10.3. The second kappa shape index (κ2) is 7.75. The fourth-order valence-electron chi connectivity index (χ4n) is 4.09. The molecule has 1 aliphatic heterocycles. The number of aromatic nitrogens is 6. The van der Waals surface area contributed by atoms with E-state index in [0.29, 0.717) is 0 Å². The Morgan fingerprint density at radius 2 is 2.03 bits per heavy atom. The molecule has 0 aromatic carbocycles. The Labute approximate surface area is 169 Å². The van der Waals surface area contributed by atoms with E-state index in [1.165, 1.54) is 19.3 Å². The van der Waals surface area contributed by atoms with Gasteiger partial charge in [0.25, 0.3) is 0 Å². The second-order valence-corrected chi connectivity index (χ2v) is 7.78. The van der Waals surface area contributed by atoms with Crippen LogP contribution in [0.5, 0.6) is 0 Å². The van der Waals surface area contributed by atoms with Crippen LogP contribution >= 0.6 is 0 Å². The second-order valence-electron chi connectivity index (χ2n) is 7.78. The number of hydrogen-bond acceptors (Lipinski definition) is 5. The number of hydrogen-bond donors (Lipinski definition) is 2. The SMILES string of the molecule is Cc1cccc(-c2[nH]c(CCC3CCNCC3)nc2-c2ccn3ncnc3c2)n1. The number of nitrogens with zero attached hydrogens (tertiary/aromatic N) is 5. The van der Waals surface area contributed by atoms with E-state index in [-0.39, 0.29) is 0 Å². The molecule has 0 radical (unpaired) electrons. The van der Waals surface area contributed by atoms with E-state index in [4.69, 9.17) is 9.97 Å². The summed E-state index contributed by atoms with van der Waals surface area (Å²) in [5.41, 5.74) is 5.64. The third kappa shape index (κ3) is 3.78. The van der Waals surface area contributed by atoms with Gasteiger partial charge in [-0.05, 0) is 69.5 Å². The first-order chi connectivity index (χ1) is 14.3. The standard InChI is InChI=1S/C22H25N7/c1-15-3-2-4-18(26-15)22-21(17-9-12-29-20(13-17)24-14-25-29)27-19(28-22)6-5-16-7-10-23-11-8-16/h2-4,9,12-14,16,23H,5-8,10-11H2,1H3,(H,27,28).